The van der Waals surface area contributed by atoms with Gasteiger partial charge in [0.2, 0.25) is 0 Å². The lowest BCUT2D eigenvalue weighted by atomic mass is 9.85. The predicted octanol–water partition coefficient (Wildman–Crippen LogP) is 4.55. The molecule has 0 heterocycles. The Kier molecular flexibility index (Phi) is 12.5. The quantitative estimate of drug-likeness (QED) is 0.280. The number of nitrogens with two attached hydrogens (primary N) is 1. The molecule has 0 aliphatic carbocycles. The van der Waals surface area contributed by atoms with E-state index in [0.29, 0.717) is 0 Å². The largest absolute Gasteiger partial charge is 0.377 e. The number of hydrogen-bond donors (Lipinski definition) is 2. The number of hydrazine groups is 1. The maximum Gasteiger partial charge on any atom is 0.0839 e. The van der Waals surface area contributed by atoms with Crippen molar-refractivity contribution in [2.75, 3.05) is 7.11 Å². The van der Waals surface area contributed by atoms with Crippen LogP contribution in [-0.2, 0) is 4.74 Å². The highest BCUT2D eigenvalue weighted by Gasteiger charge is 2.34. The lowest BCUT2D eigenvalue weighted by molar-refractivity contribution is -0.0500. The summed E-state index contributed by atoms with van der Waals surface area (Å²) in [5.41, 5.74) is 2.89. The first-order chi connectivity index (χ1) is 9.70. The summed E-state index contributed by atoms with van der Waals surface area (Å²) in [7, 11) is 1.81. The maximum absolute atomic E-state index is 5.77. The van der Waals surface area contributed by atoms with Gasteiger partial charge in [-0.2, -0.15) is 0 Å². The Morgan fingerprint density at radius 1 is 0.900 bits per heavy atom. The van der Waals surface area contributed by atoms with Crippen LogP contribution in [-0.4, -0.2) is 18.8 Å². The molecular formula is C17H38N2O. The zero-order valence-electron chi connectivity index (χ0n) is 14.3. The summed E-state index contributed by atoms with van der Waals surface area (Å²) in [4.78, 5) is 0. The summed E-state index contributed by atoms with van der Waals surface area (Å²) in [5, 5.41) is 0. The van der Waals surface area contributed by atoms with Crippen molar-refractivity contribution in [1.29, 1.82) is 0 Å². The Labute approximate surface area is 127 Å². The molecule has 0 aliphatic heterocycles. The second kappa shape index (κ2) is 12.6. The van der Waals surface area contributed by atoms with Crippen molar-refractivity contribution in [3.05, 3.63) is 0 Å². The third kappa shape index (κ3) is 7.05. The van der Waals surface area contributed by atoms with Crippen molar-refractivity contribution in [2.45, 2.75) is 103 Å². The van der Waals surface area contributed by atoms with E-state index in [1.807, 2.05) is 7.11 Å². The van der Waals surface area contributed by atoms with Crippen LogP contribution in [0.15, 0.2) is 0 Å². The monoisotopic (exact) mass is 286 g/mol. The standard InChI is InChI=1S/C17H38N2O/c1-5-8-9-10-11-12-13-14-15-16(19-18)17(6-2,7-3)20-4/h16,19H,5-15,18H2,1-4H3. The van der Waals surface area contributed by atoms with Crippen LogP contribution >= 0.6 is 0 Å². The molecule has 0 fully saturated rings. The van der Waals surface area contributed by atoms with Crippen LogP contribution in [0, 0.1) is 0 Å². The van der Waals surface area contributed by atoms with Crippen molar-refractivity contribution in [2.24, 2.45) is 5.84 Å². The van der Waals surface area contributed by atoms with Crippen molar-refractivity contribution in [3.8, 4) is 0 Å². The second-order valence-electron chi connectivity index (χ2n) is 5.96. The SMILES string of the molecule is CCCCCCCCCCC(NN)C(CC)(CC)OC. The third-order valence-electron chi connectivity index (χ3n) is 4.79. The molecule has 3 N–H and O–H groups in total. The molecule has 0 spiro atoms. The minimum Gasteiger partial charge on any atom is -0.377 e. The zero-order chi connectivity index (χ0) is 15.3. The smallest absolute Gasteiger partial charge is 0.0839 e. The number of nitrogens with one attached hydrogen (secondary N) is 1. The summed E-state index contributed by atoms with van der Waals surface area (Å²) in [6.45, 7) is 6.64. The first-order valence-electron chi connectivity index (χ1n) is 8.72. The molecular weight excluding hydrogens is 248 g/mol. The number of rotatable bonds is 14. The summed E-state index contributed by atoms with van der Waals surface area (Å²) in [5.74, 6) is 5.75. The number of unbranched alkanes of at least 4 members (excludes halogenated alkanes) is 7. The molecule has 1 atom stereocenters. The molecule has 20 heavy (non-hydrogen) atoms. The van der Waals surface area contributed by atoms with E-state index in [-0.39, 0.29) is 11.6 Å². The highest BCUT2D eigenvalue weighted by molar-refractivity contribution is 4.90. The molecule has 0 radical (unpaired) electrons. The Balaban J connectivity index is 3.84. The van der Waals surface area contributed by atoms with E-state index in [0.717, 1.165) is 19.3 Å². The number of hydrogen-bond acceptors (Lipinski definition) is 3. The lowest BCUT2D eigenvalue weighted by Gasteiger charge is -2.38. The van der Waals surface area contributed by atoms with Gasteiger partial charge in [0.15, 0.2) is 0 Å². The van der Waals surface area contributed by atoms with E-state index >= 15 is 0 Å². The number of ether oxygens (including phenoxy) is 1. The Morgan fingerprint density at radius 2 is 1.40 bits per heavy atom. The third-order valence-corrected chi connectivity index (χ3v) is 4.79. The predicted molar refractivity (Wildman–Crippen MR) is 88.7 cm³/mol. The van der Waals surface area contributed by atoms with Gasteiger partial charge >= 0.3 is 0 Å². The first-order valence-corrected chi connectivity index (χ1v) is 8.72. The molecule has 0 aromatic carbocycles. The van der Waals surface area contributed by atoms with E-state index in [2.05, 4.69) is 26.2 Å². The van der Waals surface area contributed by atoms with Crippen LogP contribution in [0.3, 0.4) is 0 Å². The molecule has 3 heteroatoms. The van der Waals surface area contributed by atoms with Crippen molar-refractivity contribution in [1.82, 2.24) is 5.43 Å². The van der Waals surface area contributed by atoms with Crippen molar-refractivity contribution < 1.29 is 4.74 Å². The van der Waals surface area contributed by atoms with E-state index < -0.39 is 0 Å². The topological polar surface area (TPSA) is 47.3 Å². The van der Waals surface area contributed by atoms with Gasteiger partial charge in [-0.05, 0) is 19.3 Å². The molecule has 0 rings (SSSR count). The van der Waals surface area contributed by atoms with Gasteiger partial charge in [-0.25, -0.2) is 0 Å². The Morgan fingerprint density at radius 3 is 1.80 bits per heavy atom. The van der Waals surface area contributed by atoms with Crippen LogP contribution in [0.2, 0.25) is 0 Å². The molecule has 0 aromatic rings. The fourth-order valence-electron chi connectivity index (χ4n) is 3.15. The zero-order valence-corrected chi connectivity index (χ0v) is 14.3. The Hall–Kier alpha value is -0.120. The van der Waals surface area contributed by atoms with Gasteiger partial charge in [0.1, 0.15) is 0 Å². The van der Waals surface area contributed by atoms with Gasteiger partial charge in [-0.3, -0.25) is 11.3 Å². The number of methoxy groups -OCH3 is 1. The molecule has 0 saturated heterocycles. The average molecular weight is 287 g/mol. The first kappa shape index (κ1) is 19.9. The molecule has 1 unspecified atom stereocenters. The molecule has 122 valence electrons. The lowest BCUT2D eigenvalue weighted by Crippen LogP contribution is -2.54. The molecule has 3 nitrogen and oxygen atoms in total. The summed E-state index contributed by atoms with van der Waals surface area (Å²) in [6.07, 6.45) is 14.0. The van der Waals surface area contributed by atoms with Crippen LogP contribution < -0.4 is 11.3 Å². The summed E-state index contributed by atoms with van der Waals surface area (Å²) >= 11 is 0. The van der Waals surface area contributed by atoms with E-state index in [1.165, 1.54) is 51.4 Å². The minimum atomic E-state index is -0.101. The molecule has 0 amide bonds. The van der Waals surface area contributed by atoms with Crippen molar-refractivity contribution in [3.63, 3.8) is 0 Å². The molecule has 0 saturated carbocycles. The Bertz CT molecular complexity index is 197. The van der Waals surface area contributed by atoms with Crippen LogP contribution in [0.5, 0.6) is 0 Å². The highest BCUT2D eigenvalue weighted by Crippen LogP contribution is 2.27. The average Bonchev–Trinajstić information content (AvgIpc) is 2.49. The van der Waals surface area contributed by atoms with Crippen molar-refractivity contribution >= 4 is 0 Å². The molecule has 0 aromatic heterocycles. The molecule has 0 aliphatic rings. The van der Waals surface area contributed by atoms with Gasteiger partial charge in [0, 0.05) is 7.11 Å². The van der Waals surface area contributed by atoms with Crippen LogP contribution in [0.4, 0.5) is 0 Å². The van der Waals surface area contributed by atoms with Crippen LogP contribution in [0.25, 0.3) is 0 Å². The highest BCUT2D eigenvalue weighted by atomic mass is 16.5. The summed E-state index contributed by atoms with van der Waals surface area (Å²) < 4.78 is 5.77. The van der Waals surface area contributed by atoms with Crippen LogP contribution in [0.1, 0.15) is 91.4 Å². The van der Waals surface area contributed by atoms with E-state index in [1.54, 1.807) is 0 Å². The normalized spacial score (nSPS) is 13.7. The minimum absolute atomic E-state index is 0.101. The molecule has 0 bridgehead atoms. The van der Waals surface area contributed by atoms with Gasteiger partial charge in [-0.1, -0.05) is 72.1 Å². The van der Waals surface area contributed by atoms with Gasteiger partial charge in [-0.15, -0.1) is 0 Å². The van der Waals surface area contributed by atoms with Gasteiger partial charge < -0.3 is 4.74 Å². The maximum atomic E-state index is 5.77. The van der Waals surface area contributed by atoms with E-state index in [9.17, 15) is 0 Å². The fourth-order valence-corrected chi connectivity index (χ4v) is 3.15. The summed E-state index contributed by atoms with van der Waals surface area (Å²) in [6, 6.07) is 0.266. The van der Waals surface area contributed by atoms with Gasteiger partial charge in [0.05, 0.1) is 11.6 Å². The fraction of sp³-hybridized carbons (Fsp3) is 1.00. The van der Waals surface area contributed by atoms with E-state index in [4.69, 9.17) is 10.6 Å². The second-order valence-corrected chi connectivity index (χ2v) is 5.96. The van der Waals surface area contributed by atoms with Gasteiger partial charge in [0.25, 0.3) is 0 Å².